The number of amides is 8. The van der Waals surface area contributed by atoms with Gasteiger partial charge in [-0.05, 0) is 205 Å². The van der Waals surface area contributed by atoms with Gasteiger partial charge in [-0.15, -0.1) is 0 Å². The van der Waals surface area contributed by atoms with Crippen LogP contribution in [0.25, 0.3) is 11.1 Å². The van der Waals surface area contributed by atoms with Crippen LogP contribution < -0.4 is 77.7 Å². The molecule has 0 aromatic heterocycles. The summed E-state index contributed by atoms with van der Waals surface area (Å²) in [5.41, 5.74) is 9.72. The van der Waals surface area contributed by atoms with E-state index in [1.165, 1.54) is 74.6 Å². The maximum atomic E-state index is 16.5. The molecule has 17 rings (SSSR count). The minimum Gasteiger partial charge on any atom is -0.508 e. The van der Waals surface area contributed by atoms with E-state index in [2.05, 4.69) is 42.5 Å². The zero-order valence-electron chi connectivity index (χ0n) is 62.6. The minimum absolute atomic E-state index is 0.0610. The largest absolute Gasteiger partial charge is 0.508 e. The first-order chi connectivity index (χ1) is 54.7. The summed E-state index contributed by atoms with van der Waals surface area (Å²) in [6.07, 6.45) is -10.2. The van der Waals surface area contributed by atoms with Gasteiger partial charge in [0.25, 0.3) is 10.0 Å². The number of nitrogens with two attached hydrogens (primary N) is 2. The first-order valence-corrected chi connectivity index (χ1v) is 39.7. The van der Waals surface area contributed by atoms with Crippen molar-refractivity contribution in [1.82, 2.24) is 47.3 Å². The molecule has 8 amide bonds. The Morgan fingerprint density at radius 2 is 1.30 bits per heavy atom. The number of phenols is 1. The van der Waals surface area contributed by atoms with E-state index >= 15 is 28.8 Å². The average Bonchev–Trinajstić information content (AvgIpc) is 1.56. The number of hydrogen-bond donors (Lipinski definition) is 19. The van der Waals surface area contributed by atoms with Gasteiger partial charge in [-0.25, -0.2) is 13.1 Å². The Kier molecular flexibility index (Phi) is 23.0. The lowest BCUT2D eigenvalue weighted by atomic mass is 9.54. The Balaban J connectivity index is 0.958. The fourth-order valence-corrected chi connectivity index (χ4v) is 18.5. The molecule has 15 bridgehead atoms. The number of ether oxygens (including phenoxy) is 5. The third-order valence-electron chi connectivity index (χ3n) is 22.8. The number of aliphatic hydroxyl groups excluding tert-OH is 5. The maximum absolute atomic E-state index is 16.5. The van der Waals surface area contributed by atoms with Crippen LogP contribution in [0.15, 0.2) is 108 Å². The molecule has 4 saturated carbocycles. The zero-order valence-corrected chi connectivity index (χ0v) is 64.1. The number of carbonyl (C=O) groups excluding carboxylic acids is 8. The highest BCUT2D eigenvalue weighted by Crippen LogP contribution is 2.56. The summed E-state index contributed by atoms with van der Waals surface area (Å²) < 4.78 is 61.5. The number of aliphatic hydroxyl groups is 7. The van der Waals surface area contributed by atoms with E-state index in [9.17, 15) is 58.9 Å². The number of aromatic hydroxyl groups is 1. The van der Waals surface area contributed by atoms with Gasteiger partial charge in [0, 0.05) is 30.3 Å². The van der Waals surface area contributed by atoms with Crippen molar-refractivity contribution in [3.8, 4) is 51.4 Å². The normalized spacial score (nSPS) is 28.8. The van der Waals surface area contributed by atoms with Crippen molar-refractivity contribution in [2.75, 3.05) is 26.7 Å². The second-order valence-electron chi connectivity index (χ2n) is 31.1. The Morgan fingerprint density at radius 1 is 0.670 bits per heavy atom. The molecule has 115 heavy (non-hydrogen) atoms. The molecule has 5 fully saturated rings. The van der Waals surface area contributed by atoms with Gasteiger partial charge in [0.1, 0.15) is 102 Å². The van der Waals surface area contributed by atoms with Crippen LogP contribution in [0.3, 0.4) is 0 Å². The summed E-state index contributed by atoms with van der Waals surface area (Å²) in [4.78, 5) is 124. The van der Waals surface area contributed by atoms with E-state index in [1.807, 2.05) is 18.6 Å². The number of rotatable bonds is 17. The zero-order chi connectivity index (χ0) is 82.1. The molecular formula is C79H90ClN11O23S. The first kappa shape index (κ1) is 81.4. The van der Waals surface area contributed by atoms with E-state index in [-0.39, 0.29) is 116 Å². The summed E-state index contributed by atoms with van der Waals surface area (Å²) in [5.74, 6) is -14.6. The monoisotopic (exact) mass is 1630 g/mol. The van der Waals surface area contributed by atoms with Crippen LogP contribution >= 0.6 is 11.6 Å². The van der Waals surface area contributed by atoms with Crippen LogP contribution in [-0.4, -0.2) is 184 Å². The number of hydrogen-bond acceptors (Lipinski definition) is 26. The maximum Gasteiger partial charge on any atom is 0.264 e. The topological polar surface area (TPSA) is 539 Å². The quantitative estimate of drug-likeness (QED) is 0.0561. The Morgan fingerprint density at radius 3 is 1.95 bits per heavy atom. The molecule has 34 nitrogen and oxygen atoms in total. The number of fused-ring (bicyclic) bond motifs is 12. The summed E-state index contributed by atoms with van der Waals surface area (Å²) in [5, 5.41) is 117. The Labute approximate surface area is 663 Å². The van der Waals surface area contributed by atoms with Crippen molar-refractivity contribution in [2.24, 2.45) is 41.1 Å². The SMILES string of the molecule is CN[C@H](CC(C)C)C(=O)N[C@H]1C(=O)N[C@@H](CC(=O)NS(=O)(=O)c2ccc(OCCN)cc2)C(=O)N[C@H]2C(=O)N[C@H]3C(=O)N[C@H](C(=O)N[C@H](C(=O)NC4C5CC6CC(C5)CC4C6)c4cc(O)cc5c4-c4cc3ccc4C5(O)O)[C@H](O)c3ccc(c(Cl)c3)Oc3cc2cc(c3O[C@@H]2O[C@H](CN)[C@@H](O)[C@H](O)[C@H]2O)Oc2ccc(cc2C)[C@H]1O. The molecule has 1 saturated heterocycles. The third kappa shape index (κ3) is 16.2. The van der Waals surface area contributed by atoms with Gasteiger partial charge in [0.2, 0.25) is 65.1 Å². The van der Waals surface area contributed by atoms with Crippen molar-refractivity contribution < 1.29 is 111 Å². The number of carbonyl (C=O) groups is 8. The summed E-state index contributed by atoms with van der Waals surface area (Å²) >= 11 is 7.19. The van der Waals surface area contributed by atoms with Crippen molar-refractivity contribution in [3.05, 3.63) is 153 Å². The molecule has 36 heteroatoms. The van der Waals surface area contributed by atoms with Crippen molar-refractivity contribution in [2.45, 2.75) is 168 Å². The van der Waals surface area contributed by atoms with Gasteiger partial charge in [-0.3, -0.25) is 38.4 Å². The van der Waals surface area contributed by atoms with Gasteiger partial charge in [-0.2, -0.15) is 0 Å². The predicted molar refractivity (Wildman–Crippen MR) is 405 cm³/mol. The molecule has 6 aromatic rings. The van der Waals surface area contributed by atoms with Crippen LogP contribution in [-0.2, 0) is 58.9 Å². The number of benzene rings is 6. The molecule has 14 atom stereocenters. The summed E-state index contributed by atoms with van der Waals surface area (Å²) in [6, 6.07) is 5.77. The molecule has 0 unspecified atom stereocenters. The predicted octanol–water partition coefficient (Wildman–Crippen LogP) is 0.792. The molecule has 0 radical (unpaired) electrons. The van der Waals surface area contributed by atoms with Gasteiger partial charge in [0.15, 0.2) is 11.5 Å². The summed E-state index contributed by atoms with van der Waals surface area (Å²) in [7, 11) is -3.41. The van der Waals surface area contributed by atoms with Crippen molar-refractivity contribution in [3.63, 3.8) is 0 Å². The highest BCUT2D eigenvalue weighted by molar-refractivity contribution is 7.90. The lowest BCUT2D eigenvalue weighted by Gasteiger charge is -2.54. The smallest absolute Gasteiger partial charge is 0.264 e. The molecule has 6 aromatic carbocycles. The van der Waals surface area contributed by atoms with Gasteiger partial charge in [-0.1, -0.05) is 49.7 Å². The van der Waals surface area contributed by atoms with E-state index in [4.69, 9.17) is 46.8 Å². The number of halogens is 1. The van der Waals surface area contributed by atoms with Gasteiger partial charge < -0.3 is 119 Å². The van der Waals surface area contributed by atoms with E-state index in [1.54, 1.807) is 0 Å². The molecule has 5 aliphatic carbocycles. The number of phenolic OH excluding ortho intramolecular Hbond substituents is 1. The van der Waals surface area contributed by atoms with Crippen molar-refractivity contribution in [1.29, 1.82) is 0 Å². The molecule has 6 heterocycles. The van der Waals surface area contributed by atoms with E-state index in [0.717, 1.165) is 74.6 Å². The Hall–Kier alpha value is -10.1. The second-order valence-corrected chi connectivity index (χ2v) is 33.2. The number of likely N-dealkylation sites (N-methyl/N-ethyl adjacent to an activating group) is 1. The first-order valence-electron chi connectivity index (χ1n) is 37.8. The van der Waals surface area contributed by atoms with E-state index in [0.29, 0.717) is 11.8 Å². The van der Waals surface area contributed by atoms with Crippen LogP contribution in [0.5, 0.6) is 40.2 Å². The lowest BCUT2D eigenvalue weighted by Crippen LogP contribution is -2.60. The Bertz CT molecular complexity index is 4950. The minimum atomic E-state index is -4.89. The molecule has 11 aliphatic rings. The van der Waals surface area contributed by atoms with Crippen LogP contribution in [0.2, 0.25) is 5.02 Å². The van der Waals surface area contributed by atoms with Crippen molar-refractivity contribution >= 4 is 68.9 Å². The molecular weight excluding hydrogens is 1540 g/mol. The molecule has 21 N–H and O–H groups in total. The third-order valence-corrected chi connectivity index (χ3v) is 24.5. The second kappa shape index (κ2) is 32.5. The van der Waals surface area contributed by atoms with Crippen LogP contribution in [0.1, 0.15) is 134 Å². The lowest BCUT2D eigenvalue weighted by molar-refractivity contribution is -0.270. The van der Waals surface area contributed by atoms with Gasteiger partial charge >= 0.3 is 0 Å². The van der Waals surface area contributed by atoms with E-state index < -0.39 is 195 Å². The highest BCUT2D eigenvalue weighted by Gasteiger charge is 2.52. The molecule has 0 spiro atoms. The molecule has 612 valence electrons. The number of nitrogens with one attached hydrogen (secondary N) is 9. The number of sulfonamides is 1. The average molecular weight is 1630 g/mol. The number of aryl methyl sites for hydroxylation is 1. The molecule has 6 aliphatic heterocycles. The van der Waals surface area contributed by atoms with Gasteiger partial charge in [0.05, 0.1) is 22.4 Å². The van der Waals surface area contributed by atoms with Crippen LogP contribution in [0.4, 0.5) is 0 Å². The highest BCUT2D eigenvalue weighted by atomic mass is 35.5. The summed E-state index contributed by atoms with van der Waals surface area (Å²) in [6.45, 7) is 4.85. The van der Waals surface area contributed by atoms with Crippen LogP contribution in [0, 0.1) is 36.5 Å². The fourth-order valence-electron chi connectivity index (χ4n) is 17.3. The fraction of sp³-hybridized carbons (Fsp3) is 0.443. The standard InChI is InChI=1S/C79H90ClN11O23S/c1-32(2)17-50(83-4)71(99)89-63-65(94)37-6-13-52(33(3)18-37)111-54-26-41-27-55(70(54)114-78-69(98)68(97)67(96)56(31-82)113-78)112-53-14-7-38(25-49(53)80)66(95)64-77(105)88-62(75(103)85-59-39-20-34-19-35(22-39)23-40(59)21-34)46-28-42(92)29-48-58(46)45-24-36(5-12-47(45)79(48,106)107)60(73(101)90-64)87-74(102)61(41)86-72(100)51(84-76(63)104)30-57(93)91-115(108,109)44-10-8-43(9-11-44)110-16-15-81/h5-14,18,24-29,32,34-35,39-40,50-51,56,59-69,78,83,92,94-98,106-107H,15-17,19-23,30-31,81-82H2,1-4H3,(H,84,104)(H,85,103)(H,86,100)(H,87,102)(H,88,105)(H,89,99)(H,90,101)(H,91,93)/t34?,35?,39?,40?,50-,51+,56-,59?,60-,61-,62+,63-,64+,65-,66-,67-,68+,69-,78+/m1/s1.